The molecule has 8 heteroatoms. The van der Waals surface area contributed by atoms with Crippen LogP contribution in [0.1, 0.15) is 16.1 Å². The summed E-state index contributed by atoms with van der Waals surface area (Å²) in [5, 5.41) is 8.56. The maximum absolute atomic E-state index is 12.3. The molecule has 4 nitrogen and oxygen atoms in total. The second-order valence-corrected chi connectivity index (χ2v) is 4.71. The van der Waals surface area contributed by atoms with Gasteiger partial charge in [0.15, 0.2) is 0 Å². The van der Waals surface area contributed by atoms with Crippen molar-refractivity contribution in [3.8, 4) is 0 Å². The summed E-state index contributed by atoms with van der Waals surface area (Å²) >= 11 is 0.483. The second kappa shape index (κ2) is 5.54. The molecule has 1 aromatic heterocycles. The predicted molar refractivity (Wildman–Crippen MR) is 66.6 cm³/mol. The molecule has 0 unspecified atom stereocenters. The largest absolute Gasteiger partial charge is 0.445 e. The highest BCUT2D eigenvalue weighted by Gasteiger charge is 2.35. The lowest BCUT2D eigenvalue weighted by molar-refractivity contribution is -0.138. The molecule has 0 saturated carbocycles. The third kappa shape index (κ3) is 3.42. The summed E-state index contributed by atoms with van der Waals surface area (Å²) in [6, 6.07) is 7.44. The predicted octanol–water partition coefficient (Wildman–Crippen LogP) is 2.63. The van der Waals surface area contributed by atoms with Gasteiger partial charge in [-0.05, 0) is 11.1 Å². The lowest BCUT2D eigenvalue weighted by Gasteiger charge is -2.07. The summed E-state index contributed by atoms with van der Waals surface area (Å²) in [6.45, 7) is 0.738. The quantitative estimate of drug-likeness (QED) is 0.907. The van der Waals surface area contributed by atoms with Gasteiger partial charge in [-0.3, -0.25) is 0 Å². The molecule has 0 fully saturated rings. The smallest absolute Gasteiger partial charge is 0.356 e. The molecule has 0 spiro atoms. The van der Waals surface area contributed by atoms with E-state index in [1.165, 1.54) is 0 Å². The van der Waals surface area contributed by atoms with Gasteiger partial charge in [0.05, 0.1) is 0 Å². The van der Waals surface area contributed by atoms with Crippen molar-refractivity contribution in [2.24, 2.45) is 5.73 Å². The van der Waals surface area contributed by atoms with E-state index in [0.717, 1.165) is 11.1 Å². The molecular formula is C11H11F3N4S. The molecule has 0 aliphatic heterocycles. The zero-order valence-electron chi connectivity index (χ0n) is 9.74. The van der Waals surface area contributed by atoms with Crippen LogP contribution in [0.3, 0.4) is 0 Å². The summed E-state index contributed by atoms with van der Waals surface area (Å²) in [5.41, 5.74) is 7.44. The van der Waals surface area contributed by atoms with Crippen molar-refractivity contribution < 1.29 is 13.2 Å². The van der Waals surface area contributed by atoms with Gasteiger partial charge < -0.3 is 11.1 Å². The van der Waals surface area contributed by atoms with Crippen LogP contribution in [0.2, 0.25) is 0 Å². The molecule has 102 valence electrons. The van der Waals surface area contributed by atoms with Gasteiger partial charge in [-0.25, -0.2) is 0 Å². The fourth-order valence-electron chi connectivity index (χ4n) is 1.51. The highest BCUT2D eigenvalue weighted by molar-refractivity contribution is 7.15. The number of aromatic nitrogens is 2. The number of nitrogens with zero attached hydrogens (tertiary/aromatic N) is 2. The molecule has 1 aromatic carbocycles. The molecule has 3 N–H and O–H groups in total. The van der Waals surface area contributed by atoms with Crippen molar-refractivity contribution in [2.75, 3.05) is 5.32 Å². The van der Waals surface area contributed by atoms with Crippen molar-refractivity contribution in [2.45, 2.75) is 19.3 Å². The van der Waals surface area contributed by atoms with Crippen LogP contribution < -0.4 is 11.1 Å². The van der Waals surface area contributed by atoms with E-state index in [0.29, 0.717) is 24.4 Å². The van der Waals surface area contributed by atoms with E-state index in [9.17, 15) is 13.2 Å². The van der Waals surface area contributed by atoms with Crippen LogP contribution in [0.25, 0.3) is 0 Å². The Bertz CT molecular complexity index is 553. The Morgan fingerprint density at radius 2 is 1.84 bits per heavy atom. The Morgan fingerprint density at radius 3 is 2.42 bits per heavy atom. The molecule has 1 heterocycles. The average Bonchev–Trinajstić information content (AvgIpc) is 2.85. The number of benzene rings is 1. The molecule has 2 aromatic rings. The second-order valence-electron chi connectivity index (χ2n) is 3.74. The van der Waals surface area contributed by atoms with E-state index < -0.39 is 11.2 Å². The molecule has 0 bridgehead atoms. The van der Waals surface area contributed by atoms with Crippen LogP contribution in [0.5, 0.6) is 0 Å². The minimum Gasteiger partial charge on any atom is -0.356 e. The summed E-state index contributed by atoms with van der Waals surface area (Å²) < 4.78 is 37.0. The molecule has 2 rings (SSSR count). The summed E-state index contributed by atoms with van der Waals surface area (Å²) in [4.78, 5) is 0. The fourth-order valence-corrected chi connectivity index (χ4v) is 2.12. The van der Waals surface area contributed by atoms with Gasteiger partial charge in [0.25, 0.3) is 0 Å². The van der Waals surface area contributed by atoms with E-state index in [1.807, 2.05) is 24.3 Å². The lowest BCUT2D eigenvalue weighted by Crippen LogP contribution is -2.06. The van der Waals surface area contributed by atoms with Gasteiger partial charge in [0.1, 0.15) is 0 Å². The first kappa shape index (κ1) is 13.8. The van der Waals surface area contributed by atoms with Crippen molar-refractivity contribution in [3.05, 3.63) is 40.4 Å². The minimum absolute atomic E-state index is 0.138. The first-order chi connectivity index (χ1) is 9.00. The maximum atomic E-state index is 12.3. The highest BCUT2D eigenvalue weighted by Crippen LogP contribution is 2.33. The van der Waals surface area contributed by atoms with E-state index in [1.54, 1.807) is 0 Å². The lowest BCUT2D eigenvalue weighted by atomic mass is 10.1. The van der Waals surface area contributed by atoms with Crippen LogP contribution in [0.15, 0.2) is 24.3 Å². The van der Waals surface area contributed by atoms with E-state index in [4.69, 9.17) is 5.73 Å². The van der Waals surface area contributed by atoms with E-state index >= 15 is 0 Å². The minimum atomic E-state index is -4.45. The van der Waals surface area contributed by atoms with Crippen molar-refractivity contribution >= 4 is 16.5 Å². The summed E-state index contributed by atoms with van der Waals surface area (Å²) in [5.74, 6) is 0. The van der Waals surface area contributed by atoms with Crippen molar-refractivity contribution in [3.63, 3.8) is 0 Å². The van der Waals surface area contributed by atoms with Gasteiger partial charge in [0.2, 0.25) is 10.1 Å². The Morgan fingerprint density at radius 1 is 1.16 bits per heavy atom. The van der Waals surface area contributed by atoms with Gasteiger partial charge >= 0.3 is 6.18 Å². The summed E-state index contributed by atoms with van der Waals surface area (Å²) in [6.07, 6.45) is -4.45. The third-order valence-corrected chi connectivity index (χ3v) is 3.36. The number of nitrogens with two attached hydrogens (primary N) is 1. The number of nitrogens with one attached hydrogen (secondary N) is 1. The normalized spacial score (nSPS) is 11.6. The first-order valence-electron chi connectivity index (χ1n) is 5.42. The molecule has 0 atom stereocenters. The number of hydrogen-bond acceptors (Lipinski definition) is 5. The highest BCUT2D eigenvalue weighted by atomic mass is 32.1. The molecule has 0 aliphatic carbocycles. The number of rotatable bonds is 4. The van der Waals surface area contributed by atoms with Gasteiger partial charge in [-0.2, -0.15) is 13.2 Å². The van der Waals surface area contributed by atoms with Crippen molar-refractivity contribution in [1.82, 2.24) is 10.2 Å². The SMILES string of the molecule is NCc1ccccc1CNc1nnc(C(F)(F)F)s1. The molecule has 0 radical (unpaired) electrons. The number of alkyl halides is 3. The van der Waals surface area contributed by atoms with Gasteiger partial charge in [-0.1, -0.05) is 35.6 Å². The Labute approximate surface area is 111 Å². The summed E-state index contributed by atoms with van der Waals surface area (Å²) in [7, 11) is 0. The zero-order valence-corrected chi connectivity index (χ0v) is 10.6. The zero-order chi connectivity index (χ0) is 13.9. The maximum Gasteiger partial charge on any atom is 0.445 e. The first-order valence-corrected chi connectivity index (χ1v) is 6.24. The number of halogens is 3. The third-order valence-electron chi connectivity index (χ3n) is 2.44. The van der Waals surface area contributed by atoms with Crippen molar-refractivity contribution in [1.29, 1.82) is 0 Å². The molecule has 0 amide bonds. The Balaban J connectivity index is 2.05. The monoisotopic (exact) mass is 288 g/mol. The van der Waals surface area contributed by atoms with Crippen LogP contribution in [-0.4, -0.2) is 10.2 Å². The van der Waals surface area contributed by atoms with Crippen LogP contribution in [0, 0.1) is 0 Å². The standard InChI is InChI=1S/C11H11F3N4S/c12-11(13,14)9-17-18-10(19-9)16-6-8-4-2-1-3-7(8)5-15/h1-4H,5-6,15H2,(H,16,18). The molecule has 0 saturated heterocycles. The number of hydrogen-bond donors (Lipinski definition) is 2. The van der Waals surface area contributed by atoms with E-state index in [2.05, 4.69) is 15.5 Å². The Kier molecular flexibility index (Phi) is 4.01. The van der Waals surface area contributed by atoms with E-state index in [-0.39, 0.29) is 5.13 Å². The van der Waals surface area contributed by atoms with Gasteiger partial charge in [-0.15, -0.1) is 10.2 Å². The van der Waals surface area contributed by atoms with Crippen LogP contribution in [-0.2, 0) is 19.3 Å². The average molecular weight is 288 g/mol. The Hall–Kier alpha value is -1.67. The topological polar surface area (TPSA) is 63.8 Å². The number of anilines is 1. The molecular weight excluding hydrogens is 277 g/mol. The van der Waals surface area contributed by atoms with Gasteiger partial charge in [0, 0.05) is 13.1 Å². The fraction of sp³-hybridized carbons (Fsp3) is 0.273. The van der Waals surface area contributed by atoms with Crippen LogP contribution >= 0.6 is 11.3 Å². The molecule has 19 heavy (non-hydrogen) atoms. The van der Waals surface area contributed by atoms with Crippen LogP contribution in [0.4, 0.5) is 18.3 Å². The molecule has 0 aliphatic rings.